The molecule has 0 spiro atoms. The van der Waals surface area contributed by atoms with Gasteiger partial charge in [0.2, 0.25) is 0 Å². The summed E-state index contributed by atoms with van der Waals surface area (Å²) < 4.78 is 4.95. The van der Waals surface area contributed by atoms with Gasteiger partial charge in [-0.3, -0.25) is 9.59 Å². The molecule has 1 saturated carbocycles. The van der Waals surface area contributed by atoms with E-state index >= 15 is 0 Å². The molecule has 3 heteroatoms. The number of carbonyl (C=O) groups is 2. The van der Waals surface area contributed by atoms with Crippen molar-refractivity contribution in [3.8, 4) is 0 Å². The predicted molar refractivity (Wildman–Crippen MR) is 73.5 cm³/mol. The van der Waals surface area contributed by atoms with E-state index in [1.165, 1.54) is 7.11 Å². The largest absolute Gasteiger partial charge is 0.469 e. The summed E-state index contributed by atoms with van der Waals surface area (Å²) in [5.74, 6) is 0.122. The molecule has 0 aromatic heterocycles. The van der Waals surface area contributed by atoms with E-state index in [0.29, 0.717) is 0 Å². The van der Waals surface area contributed by atoms with Crippen LogP contribution in [0.5, 0.6) is 0 Å². The molecule has 0 amide bonds. The molecule has 0 radical (unpaired) electrons. The van der Waals surface area contributed by atoms with E-state index in [2.05, 4.69) is 13.8 Å². The SMILES string of the molecule is COC(=O)[C@H]1CCC=C(C)C(=O)[C@H]2CC(C)(C)C[C@@H]12. The number of ether oxygens (including phenoxy) is 1. The van der Waals surface area contributed by atoms with Crippen molar-refractivity contribution in [2.75, 3.05) is 7.11 Å². The van der Waals surface area contributed by atoms with E-state index in [1.807, 2.05) is 13.0 Å². The molecule has 0 aliphatic heterocycles. The lowest BCUT2D eigenvalue weighted by Crippen LogP contribution is -2.32. The molecule has 0 heterocycles. The zero-order valence-corrected chi connectivity index (χ0v) is 12.4. The lowest BCUT2D eigenvalue weighted by Gasteiger charge is -2.28. The van der Waals surface area contributed by atoms with Crippen molar-refractivity contribution in [2.24, 2.45) is 23.2 Å². The maximum absolute atomic E-state index is 12.5. The summed E-state index contributed by atoms with van der Waals surface area (Å²) in [6.07, 6.45) is 5.40. The van der Waals surface area contributed by atoms with Gasteiger partial charge >= 0.3 is 5.97 Å². The van der Waals surface area contributed by atoms with Crippen LogP contribution in [0.1, 0.15) is 46.5 Å². The molecule has 0 bridgehead atoms. The Kier molecular flexibility index (Phi) is 3.84. The second-order valence-corrected chi connectivity index (χ2v) is 6.80. The smallest absolute Gasteiger partial charge is 0.308 e. The minimum Gasteiger partial charge on any atom is -0.469 e. The summed E-state index contributed by atoms with van der Waals surface area (Å²) in [4.78, 5) is 24.5. The molecular formula is C16H24O3. The molecule has 106 valence electrons. The third-order valence-corrected chi connectivity index (χ3v) is 4.75. The van der Waals surface area contributed by atoms with E-state index in [9.17, 15) is 9.59 Å². The normalized spacial score (nSPS) is 34.0. The molecule has 0 N–H and O–H groups in total. The van der Waals surface area contributed by atoms with Gasteiger partial charge in [0.25, 0.3) is 0 Å². The van der Waals surface area contributed by atoms with Gasteiger partial charge in [0.05, 0.1) is 13.0 Å². The number of esters is 1. The number of Topliss-reactive ketones (excluding diaryl/α,β-unsaturated/α-hetero) is 1. The van der Waals surface area contributed by atoms with Crippen LogP contribution in [0, 0.1) is 23.2 Å². The molecule has 0 saturated heterocycles. The molecule has 2 rings (SSSR count). The number of hydrogen-bond acceptors (Lipinski definition) is 3. The quantitative estimate of drug-likeness (QED) is 0.683. The number of hydrogen-bond donors (Lipinski definition) is 0. The number of fused-ring (bicyclic) bond motifs is 1. The Bertz CT molecular complexity index is 420. The van der Waals surface area contributed by atoms with E-state index < -0.39 is 0 Å². The highest BCUT2D eigenvalue weighted by Gasteiger charge is 2.48. The second kappa shape index (κ2) is 5.10. The van der Waals surface area contributed by atoms with Crippen LogP contribution in [0.3, 0.4) is 0 Å². The minimum absolute atomic E-state index is 0.00403. The Hall–Kier alpha value is -1.12. The van der Waals surface area contributed by atoms with Gasteiger partial charge in [-0.05, 0) is 49.5 Å². The van der Waals surface area contributed by atoms with Crippen molar-refractivity contribution in [1.82, 2.24) is 0 Å². The fraction of sp³-hybridized carbons (Fsp3) is 0.750. The molecule has 2 aliphatic carbocycles. The standard InChI is InChI=1S/C16H24O3/c1-10-6-5-7-11(15(18)19-4)12-8-16(2,3)9-13(12)14(10)17/h6,11-13H,5,7-9H2,1-4H3/t11-,12-,13-/m0/s1. The van der Waals surface area contributed by atoms with Gasteiger partial charge < -0.3 is 4.74 Å². The third kappa shape index (κ3) is 2.75. The monoisotopic (exact) mass is 264 g/mol. The van der Waals surface area contributed by atoms with Crippen molar-refractivity contribution >= 4 is 11.8 Å². The highest BCUT2D eigenvalue weighted by Crippen LogP contribution is 2.50. The first-order chi connectivity index (χ1) is 8.85. The highest BCUT2D eigenvalue weighted by atomic mass is 16.5. The molecule has 0 aromatic rings. The van der Waals surface area contributed by atoms with Gasteiger partial charge in [0.1, 0.15) is 0 Å². The fourth-order valence-corrected chi connectivity index (χ4v) is 3.85. The topological polar surface area (TPSA) is 43.4 Å². The van der Waals surface area contributed by atoms with Gasteiger partial charge in [-0.15, -0.1) is 0 Å². The molecule has 0 unspecified atom stereocenters. The number of methoxy groups -OCH3 is 1. The van der Waals surface area contributed by atoms with E-state index in [1.54, 1.807) is 0 Å². The highest BCUT2D eigenvalue weighted by molar-refractivity contribution is 5.97. The predicted octanol–water partition coefficient (Wildman–Crippen LogP) is 3.14. The van der Waals surface area contributed by atoms with E-state index in [4.69, 9.17) is 4.74 Å². The van der Waals surface area contributed by atoms with Crippen LogP contribution in [-0.4, -0.2) is 18.9 Å². The molecular weight excluding hydrogens is 240 g/mol. The first-order valence-corrected chi connectivity index (χ1v) is 7.14. The van der Waals surface area contributed by atoms with Crippen LogP contribution in [0.15, 0.2) is 11.6 Å². The van der Waals surface area contributed by atoms with Crippen LogP contribution >= 0.6 is 0 Å². The Labute approximate surface area is 115 Å². The zero-order valence-electron chi connectivity index (χ0n) is 12.4. The van der Waals surface area contributed by atoms with Gasteiger partial charge in [0, 0.05) is 5.92 Å². The van der Waals surface area contributed by atoms with E-state index in [0.717, 1.165) is 31.3 Å². The molecule has 19 heavy (non-hydrogen) atoms. The summed E-state index contributed by atoms with van der Waals surface area (Å²) in [6, 6.07) is 0. The Morgan fingerprint density at radius 3 is 2.68 bits per heavy atom. The summed E-state index contributed by atoms with van der Waals surface area (Å²) in [6.45, 7) is 6.29. The first-order valence-electron chi connectivity index (χ1n) is 7.14. The van der Waals surface area contributed by atoms with Gasteiger partial charge in [0.15, 0.2) is 5.78 Å². The number of carbonyl (C=O) groups excluding carboxylic acids is 2. The van der Waals surface area contributed by atoms with Crippen molar-refractivity contribution < 1.29 is 14.3 Å². The Balaban J connectivity index is 2.35. The summed E-state index contributed by atoms with van der Waals surface area (Å²) in [5, 5.41) is 0. The van der Waals surface area contributed by atoms with Crippen molar-refractivity contribution in [2.45, 2.75) is 46.5 Å². The van der Waals surface area contributed by atoms with E-state index in [-0.39, 0.29) is 34.9 Å². The molecule has 1 fully saturated rings. The number of rotatable bonds is 1. The van der Waals surface area contributed by atoms with Crippen molar-refractivity contribution in [1.29, 1.82) is 0 Å². The van der Waals surface area contributed by atoms with Crippen LogP contribution < -0.4 is 0 Å². The zero-order chi connectivity index (χ0) is 14.2. The third-order valence-electron chi connectivity index (χ3n) is 4.75. The summed E-state index contributed by atoms with van der Waals surface area (Å²) in [5.41, 5.74) is 1.01. The maximum Gasteiger partial charge on any atom is 0.308 e. The maximum atomic E-state index is 12.5. The molecule has 0 aromatic carbocycles. The number of allylic oxidation sites excluding steroid dienone is 2. The summed E-state index contributed by atoms with van der Waals surface area (Å²) in [7, 11) is 1.44. The fourth-order valence-electron chi connectivity index (χ4n) is 3.85. The Morgan fingerprint density at radius 2 is 2.05 bits per heavy atom. The lowest BCUT2D eigenvalue weighted by atomic mass is 9.76. The average Bonchev–Trinajstić information content (AvgIpc) is 2.67. The van der Waals surface area contributed by atoms with Crippen LogP contribution in [0.25, 0.3) is 0 Å². The van der Waals surface area contributed by atoms with Crippen LogP contribution in [0.4, 0.5) is 0 Å². The average molecular weight is 264 g/mol. The van der Waals surface area contributed by atoms with Crippen LogP contribution in [-0.2, 0) is 14.3 Å². The lowest BCUT2D eigenvalue weighted by molar-refractivity contribution is -0.148. The van der Waals surface area contributed by atoms with Crippen molar-refractivity contribution in [3.05, 3.63) is 11.6 Å². The first kappa shape index (κ1) is 14.3. The number of ketones is 1. The van der Waals surface area contributed by atoms with Gasteiger partial charge in [-0.1, -0.05) is 19.9 Å². The molecule has 2 aliphatic rings. The molecule has 3 atom stereocenters. The van der Waals surface area contributed by atoms with Gasteiger partial charge in [-0.2, -0.15) is 0 Å². The second-order valence-electron chi connectivity index (χ2n) is 6.80. The van der Waals surface area contributed by atoms with Crippen LogP contribution in [0.2, 0.25) is 0 Å². The van der Waals surface area contributed by atoms with Crippen molar-refractivity contribution in [3.63, 3.8) is 0 Å². The molecule has 3 nitrogen and oxygen atoms in total. The summed E-state index contributed by atoms with van der Waals surface area (Å²) >= 11 is 0. The minimum atomic E-state index is -0.145. The Morgan fingerprint density at radius 1 is 1.37 bits per heavy atom. The van der Waals surface area contributed by atoms with Gasteiger partial charge in [-0.25, -0.2) is 0 Å².